The van der Waals surface area contributed by atoms with Gasteiger partial charge in [0, 0.05) is 25.2 Å². The maximum absolute atomic E-state index is 14.2. The Morgan fingerprint density at radius 1 is 1.10 bits per heavy atom. The third kappa shape index (κ3) is 4.45. The number of benzene rings is 2. The lowest BCUT2D eigenvalue weighted by molar-refractivity contribution is 0.616. The molecule has 21 heavy (non-hydrogen) atoms. The molecule has 112 valence electrons. The lowest BCUT2D eigenvalue weighted by Gasteiger charge is -2.20. The Morgan fingerprint density at radius 2 is 1.76 bits per heavy atom. The maximum Gasteiger partial charge on any atom is 0.146 e. The molecule has 0 saturated heterocycles. The van der Waals surface area contributed by atoms with Crippen LogP contribution in [0.1, 0.15) is 18.1 Å². The molecule has 0 amide bonds. The van der Waals surface area contributed by atoms with Gasteiger partial charge in [0.1, 0.15) is 5.82 Å². The molecule has 0 radical (unpaired) electrons. The van der Waals surface area contributed by atoms with Crippen molar-refractivity contribution < 1.29 is 4.39 Å². The Morgan fingerprint density at radius 3 is 2.38 bits per heavy atom. The second-order valence-corrected chi connectivity index (χ2v) is 5.49. The molecule has 0 fully saturated rings. The van der Waals surface area contributed by atoms with Crippen LogP contribution in [0.3, 0.4) is 0 Å². The molecule has 4 heteroatoms. The van der Waals surface area contributed by atoms with Gasteiger partial charge in [0.05, 0.1) is 5.69 Å². The maximum atomic E-state index is 14.2. The van der Waals surface area contributed by atoms with Gasteiger partial charge in [-0.2, -0.15) is 0 Å². The first kappa shape index (κ1) is 15.8. The summed E-state index contributed by atoms with van der Waals surface area (Å²) in [4.78, 5) is 1.90. The molecule has 0 aromatic heterocycles. The Hall–Kier alpha value is -1.58. The largest absolute Gasteiger partial charge is 0.368 e. The molecule has 1 N–H and O–H groups in total. The summed E-state index contributed by atoms with van der Waals surface area (Å²) < 4.78 is 14.2. The van der Waals surface area contributed by atoms with Crippen LogP contribution in [0.5, 0.6) is 0 Å². The van der Waals surface area contributed by atoms with Crippen LogP contribution >= 0.6 is 11.6 Å². The first-order chi connectivity index (χ1) is 10.1. The molecular weight excluding hydrogens is 287 g/mol. The predicted molar refractivity (Wildman–Crippen MR) is 87.3 cm³/mol. The normalized spacial score (nSPS) is 10.7. The van der Waals surface area contributed by atoms with Gasteiger partial charge in [0.15, 0.2) is 0 Å². The van der Waals surface area contributed by atoms with Crippen molar-refractivity contribution in [3.63, 3.8) is 0 Å². The average molecular weight is 307 g/mol. The fourth-order valence-electron chi connectivity index (χ4n) is 2.19. The van der Waals surface area contributed by atoms with Gasteiger partial charge in [-0.1, -0.05) is 36.7 Å². The molecule has 0 atom stereocenters. The molecule has 0 spiro atoms. The molecule has 0 aliphatic heterocycles. The summed E-state index contributed by atoms with van der Waals surface area (Å²) in [5.74, 6) is -0.193. The SMILES string of the molecule is CCNCc1ccc(N(C)Cc2ccc(Cl)cc2)c(F)c1. The first-order valence-electron chi connectivity index (χ1n) is 7.05. The van der Waals surface area contributed by atoms with Crippen molar-refractivity contribution in [2.45, 2.75) is 20.0 Å². The van der Waals surface area contributed by atoms with E-state index in [1.165, 1.54) is 0 Å². The number of rotatable bonds is 6. The van der Waals surface area contributed by atoms with Gasteiger partial charge in [-0.25, -0.2) is 4.39 Å². The summed E-state index contributed by atoms with van der Waals surface area (Å²) >= 11 is 5.87. The standard InChI is InChI=1S/C17H20ClFN2/c1-3-20-11-14-6-9-17(16(19)10-14)21(2)12-13-4-7-15(18)8-5-13/h4-10,20H,3,11-12H2,1-2H3. The topological polar surface area (TPSA) is 15.3 Å². The molecule has 2 aromatic carbocycles. The summed E-state index contributed by atoms with van der Waals surface area (Å²) in [6.45, 7) is 4.24. The third-order valence-electron chi connectivity index (χ3n) is 3.34. The van der Waals surface area contributed by atoms with E-state index in [0.717, 1.165) is 17.7 Å². The van der Waals surface area contributed by atoms with Gasteiger partial charge < -0.3 is 10.2 Å². The summed E-state index contributed by atoms with van der Waals surface area (Å²) in [6.07, 6.45) is 0. The molecule has 0 bridgehead atoms. The van der Waals surface area contributed by atoms with E-state index < -0.39 is 0 Å². The summed E-state index contributed by atoms with van der Waals surface area (Å²) in [5.41, 5.74) is 2.65. The van der Waals surface area contributed by atoms with Gasteiger partial charge in [0.2, 0.25) is 0 Å². The van der Waals surface area contributed by atoms with E-state index in [4.69, 9.17) is 11.6 Å². The second kappa shape index (κ2) is 7.43. The molecule has 0 heterocycles. The molecule has 2 aromatic rings. The molecule has 0 aliphatic rings. The van der Waals surface area contributed by atoms with E-state index in [0.29, 0.717) is 23.8 Å². The minimum Gasteiger partial charge on any atom is -0.368 e. The van der Waals surface area contributed by atoms with E-state index in [2.05, 4.69) is 5.32 Å². The number of hydrogen-bond donors (Lipinski definition) is 1. The van der Waals surface area contributed by atoms with E-state index in [1.807, 2.05) is 55.3 Å². The quantitative estimate of drug-likeness (QED) is 0.859. The zero-order chi connectivity index (χ0) is 15.2. The fraction of sp³-hybridized carbons (Fsp3) is 0.294. The van der Waals surface area contributed by atoms with Gasteiger partial charge in [-0.3, -0.25) is 0 Å². The second-order valence-electron chi connectivity index (χ2n) is 5.05. The van der Waals surface area contributed by atoms with E-state index in [1.54, 1.807) is 6.07 Å². The van der Waals surface area contributed by atoms with Crippen LogP contribution in [0.2, 0.25) is 5.02 Å². The van der Waals surface area contributed by atoms with Crippen molar-refractivity contribution in [3.05, 3.63) is 64.4 Å². The van der Waals surface area contributed by atoms with Crippen LogP contribution in [-0.2, 0) is 13.1 Å². The van der Waals surface area contributed by atoms with Crippen LogP contribution in [0.25, 0.3) is 0 Å². The van der Waals surface area contributed by atoms with Gasteiger partial charge in [-0.05, 0) is 41.9 Å². The molecule has 0 aliphatic carbocycles. The average Bonchev–Trinajstić information content (AvgIpc) is 2.47. The summed E-state index contributed by atoms with van der Waals surface area (Å²) in [5, 5.41) is 3.90. The zero-order valence-electron chi connectivity index (χ0n) is 12.4. The Labute approximate surface area is 130 Å². The van der Waals surface area contributed by atoms with Crippen molar-refractivity contribution in [1.29, 1.82) is 0 Å². The predicted octanol–water partition coefficient (Wildman–Crippen LogP) is 4.23. The number of hydrogen-bond acceptors (Lipinski definition) is 2. The lowest BCUT2D eigenvalue weighted by Crippen LogP contribution is -2.18. The van der Waals surface area contributed by atoms with E-state index in [-0.39, 0.29) is 5.82 Å². The number of nitrogens with one attached hydrogen (secondary N) is 1. The van der Waals surface area contributed by atoms with Crippen molar-refractivity contribution in [1.82, 2.24) is 5.32 Å². The Bertz CT molecular complexity index is 584. The number of halogens is 2. The molecule has 2 nitrogen and oxygen atoms in total. The highest BCUT2D eigenvalue weighted by atomic mass is 35.5. The molecule has 2 rings (SSSR count). The van der Waals surface area contributed by atoms with Gasteiger partial charge in [0.25, 0.3) is 0 Å². The van der Waals surface area contributed by atoms with Crippen molar-refractivity contribution in [2.24, 2.45) is 0 Å². The van der Waals surface area contributed by atoms with Crippen molar-refractivity contribution >= 4 is 17.3 Å². The van der Waals surface area contributed by atoms with E-state index in [9.17, 15) is 4.39 Å². The highest BCUT2D eigenvalue weighted by Crippen LogP contribution is 2.21. The third-order valence-corrected chi connectivity index (χ3v) is 3.59. The lowest BCUT2D eigenvalue weighted by atomic mass is 10.1. The first-order valence-corrected chi connectivity index (χ1v) is 7.42. The van der Waals surface area contributed by atoms with Gasteiger partial charge >= 0.3 is 0 Å². The Balaban J connectivity index is 2.08. The van der Waals surface area contributed by atoms with Crippen LogP contribution in [-0.4, -0.2) is 13.6 Å². The smallest absolute Gasteiger partial charge is 0.146 e. The minimum atomic E-state index is -0.193. The summed E-state index contributed by atoms with van der Waals surface area (Å²) in [6, 6.07) is 13.0. The van der Waals surface area contributed by atoms with Crippen LogP contribution in [0.15, 0.2) is 42.5 Å². The summed E-state index contributed by atoms with van der Waals surface area (Å²) in [7, 11) is 1.89. The monoisotopic (exact) mass is 306 g/mol. The molecule has 0 saturated carbocycles. The minimum absolute atomic E-state index is 0.193. The van der Waals surface area contributed by atoms with Crippen LogP contribution in [0, 0.1) is 5.82 Å². The zero-order valence-corrected chi connectivity index (χ0v) is 13.1. The molecule has 0 unspecified atom stereocenters. The number of anilines is 1. The fourth-order valence-corrected chi connectivity index (χ4v) is 2.31. The number of nitrogens with zero attached hydrogens (tertiary/aromatic N) is 1. The van der Waals surface area contributed by atoms with Crippen molar-refractivity contribution in [2.75, 3.05) is 18.5 Å². The van der Waals surface area contributed by atoms with E-state index >= 15 is 0 Å². The highest BCUT2D eigenvalue weighted by Gasteiger charge is 2.09. The Kier molecular flexibility index (Phi) is 5.59. The molecular formula is C17H20ClFN2. The van der Waals surface area contributed by atoms with Crippen molar-refractivity contribution in [3.8, 4) is 0 Å². The van der Waals surface area contributed by atoms with Gasteiger partial charge in [-0.15, -0.1) is 0 Å². The van der Waals surface area contributed by atoms with Crippen LogP contribution < -0.4 is 10.2 Å². The van der Waals surface area contributed by atoms with Crippen LogP contribution in [0.4, 0.5) is 10.1 Å². The highest BCUT2D eigenvalue weighted by molar-refractivity contribution is 6.30.